The van der Waals surface area contributed by atoms with Crippen molar-refractivity contribution < 1.29 is 0 Å². The van der Waals surface area contributed by atoms with Gasteiger partial charge < -0.3 is 5.32 Å². The van der Waals surface area contributed by atoms with E-state index in [0.717, 1.165) is 18.0 Å². The molecule has 2 atom stereocenters. The van der Waals surface area contributed by atoms with E-state index >= 15 is 0 Å². The maximum atomic E-state index is 3.94. The van der Waals surface area contributed by atoms with E-state index < -0.39 is 0 Å². The molecule has 0 aromatic rings. The summed E-state index contributed by atoms with van der Waals surface area (Å²) in [5, 5.41) is 3.94. The van der Waals surface area contributed by atoms with E-state index in [0.29, 0.717) is 5.41 Å². The lowest BCUT2D eigenvalue weighted by molar-refractivity contribution is 0.171. The van der Waals surface area contributed by atoms with Crippen LogP contribution in [0.3, 0.4) is 0 Å². The second-order valence-corrected chi connectivity index (χ2v) is 7.31. The van der Waals surface area contributed by atoms with Crippen LogP contribution in [0.15, 0.2) is 0 Å². The first-order valence-corrected chi connectivity index (χ1v) is 7.83. The molecule has 0 aromatic carbocycles. The summed E-state index contributed by atoms with van der Waals surface area (Å²) in [4.78, 5) is 0. The molecule has 1 nitrogen and oxygen atoms in total. The standard InChI is InChI=1S/C16H31N/c1-13(14-8-5-4-6-9-14)17-15-10-7-11-16(2,3)12-15/h13-15,17H,4-12H2,1-3H3. The van der Waals surface area contributed by atoms with Crippen LogP contribution in [0.2, 0.25) is 0 Å². The van der Waals surface area contributed by atoms with Gasteiger partial charge in [-0.25, -0.2) is 0 Å². The fraction of sp³-hybridized carbons (Fsp3) is 1.00. The number of nitrogens with one attached hydrogen (secondary N) is 1. The topological polar surface area (TPSA) is 12.0 Å². The Bertz CT molecular complexity index is 228. The fourth-order valence-corrected chi connectivity index (χ4v) is 3.98. The van der Waals surface area contributed by atoms with Gasteiger partial charge in [-0.15, -0.1) is 0 Å². The van der Waals surface area contributed by atoms with E-state index in [9.17, 15) is 0 Å². The molecule has 0 radical (unpaired) electrons. The summed E-state index contributed by atoms with van der Waals surface area (Å²) < 4.78 is 0. The second kappa shape index (κ2) is 5.73. The van der Waals surface area contributed by atoms with Crippen LogP contribution in [0.25, 0.3) is 0 Å². The Balaban J connectivity index is 1.79. The third-order valence-corrected chi connectivity index (χ3v) is 5.06. The van der Waals surface area contributed by atoms with E-state index in [1.54, 1.807) is 0 Å². The molecular weight excluding hydrogens is 206 g/mol. The molecule has 1 N–H and O–H groups in total. The summed E-state index contributed by atoms with van der Waals surface area (Å²) in [6, 6.07) is 1.53. The van der Waals surface area contributed by atoms with Gasteiger partial charge >= 0.3 is 0 Å². The summed E-state index contributed by atoms with van der Waals surface area (Å²) in [6.45, 7) is 7.30. The van der Waals surface area contributed by atoms with Crippen LogP contribution in [-0.2, 0) is 0 Å². The predicted octanol–water partition coefficient (Wildman–Crippen LogP) is 4.51. The van der Waals surface area contributed by atoms with Crippen molar-refractivity contribution in [2.75, 3.05) is 0 Å². The highest BCUT2D eigenvalue weighted by molar-refractivity contribution is 4.86. The van der Waals surface area contributed by atoms with Gasteiger partial charge in [-0.05, 0) is 50.4 Å². The third-order valence-electron chi connectivity index (χ3n) is 5.06. The Morgan fingerprint density at radius 2 is 1.71 bits per heavy atom. The highest BCUT2D eigenvalue weighted by atomic mass is 15.0. The third kappa shape index (κ3) is 3.98. The highest BCUT2D eigenvalue weighted by Crippen LogP contribution is 2.36. The summed E-state index contributed by atoms with van der Waals surface area (Å²) in [5.74, 6) is 0.953. The quantitative estimate of drug-likeness (QED) is 0.761. The van der Waals surface area contributed by atoms with E-state index in [4.69, 9.17) is 0 Å². The van der Waals surface area contributed by atoms with Crippen molar-refractivity contribution in [3.05, 3.63) is 0 Å². The maximum Gasteiger partial charge on any atom is 0.00747 e. The van der Waals surface area contributed by atoms with Gasteiger partial charge in [0.1, 0.15) is 0 Å². The van der Waals surface area contributed by atoms with Crippen LogP contribution in [0, 0.1) is 11.3 Å². The first-order chi connectivity index (χ1) is 8.07. The van der Waals surface area contributed by atoms with Gasteiger partial charge in [0.25, 0.3) is 0 Å². The Morgan fingerprint density at radius 3 is 2.35 bits per heavy atom. The average Bonchev–Trinajstić information content (AvgIpc) is 2.29. The van der Waals surface area contributed by atoms with Gasteiger partial charge in [0.05, 0.1) is 0 Å². The zero-order chi connectivity index (χ0) is 12.3. The number of hydrogen-bond acceptors (Lipinski definition) is 1. The normalized spacial score (nSPS) is 32.3. The van der Waals surface area contributed by atoms with Gasteiger partial charge in [-0.1, -0.05) is 39.5 Å². The molecule has 2 aliphatic rings. The molecular formula is C16H31N. The Hall–Kier alpha value is -0.0400. The molecule has 0 saturated heterocycles. The van der Waals surface area contributed by atoms with Crippen molar-refractivity contribution in [1.29, 1.82) is 0 Å². The summed E-state index contributed by atoms with van der Waals surface area (Å²) >= 11 is 0. The van der Waals surface area contributed by atoms with E-state index in [2.05, 4.69) is 26.1 Å². The molecule has 2 aliphatic carbocycles. The lowest BCUT2D eigenvalue weighted by atomic mass is 9.74. The minimum absolute atomic E-state index is 0.572. The predicted molar refractivity (Wildman–Crippen MR) is 75.2 cm³/mol. The van der Waals surface area contributed by atoms with E-state index in [1.807, 2.05) is 0 Å². The Morgan fingerprint density at radius 1 is 1.00 bits per heavy atom. The van der Waals surface area contributed by atoms with Crippen LogP contribution in [0.1, 0.15) is 78.6 Å². The number of hydrogen-bond donors (Lipinski definition) is 1. The van der Waals surface area contributed by atoms with E-state index in [1.165, 1.54) is 57.8 Å². The first kappa shape index (κ1) is 13.4. The summed E-state index contributed by atoms with van der Waals surface area (Å²) in [7, 11) is 0. The van der Waals surface area contributed by atoms with E-state index in [-0.39, 0.29) is 0 Å². The first-order valence-electron chi connectivity index (χ1n) is 7.83. The van der Waals surface area contributed by atoms with Crippen LogP contribution < -0.4 is 5.32 Å². The van der Waals surface area contributed by atoms with Crippen molar-refractivity contribution in [2.45, 2.75) is 90.6 Å². The van der Waals surface area contributed by atoms with Crippen molar-refractivity contribution in [1.82, 2.24) is 5.32 Å². The van der Waals surface area contributed by atoms with Crippen molar-refractivity contribution >= 4 is 0 Å². The van der Waals surface area contributed by atoms with Gasteiger partial charge in [0.15, 0.2) is 0 Å². The molecule has 0 amide bonds. The van der Waals surface area contributed by atoms with Crippen molar-refractivity contribution in [2.24, 2.45) is 11.3 Å². The largest absolute Gasteiger partial charge is 0.311 e. The fourth-order valence-electron chi connectivity index (χ4n) is 3.98. The summed E-state index contributed by atoms with van der Waals surface area (Å²) in [6.07, 6.45) is 12.9. The lowest BCUT2D eigenvalue weighted by Gasteiger charge is -2.39. The smallest absolute Gasteiger partial charge is 0.00747 e. The zero-order valence-corrected chi connectivity index (χ0v) is 12.1. The van der Waals surface area contributed by atoms with Crippen LogP contribution >= 0.6 is 0 Å². The average molecular weight is 237 g/mol. The minimum Gasteiger partial charge on any atom is -0.311 e. The van der Waals surface area contributed by atoms with Gasteiger partial charge in [-0.3, -0.25) is 0 Å². The summed E-state index contributed by atoms with van der Waals surface area (Å²) in [5.41, 5.74) is 0.572. The van der Waals surface area contributed by atoms with Crippen LogP contribution in [-0.4, -0.2) is 12.1 Å². The van der Waals surface area contributed by atoms with Gasteiger partial charge in [-0.2, -0.15) is 0 Å². The maximum absolute atomic E-state index is 3.94. The van der Waals surface area contributed by atoms with Crippen molar-refractivity contribution in [3.63, 3.8) is 0 Å². The molecule has 0 bridgehead atoms. The van der Waals surface area contributed by atoms with Crippen molar-refractivity contribution in [3.8, 4) is 0 Å². The Labute approximate surface area is 108 Å². The minimum atomic E-state index is 0.572. The zero-order valence-electron chi connectivity index (χ0n) is 12.1. The molecule has 0 spiro atoms. The molecule has 0 aliphatic heterocycles. The monoisotopic (exact) mass is 237 g/mol. The van der Waals surface area contributed by atoms with Crippen LogP contribution in [0.4, 0.5) is 0 Å². The molecule has 17 heavy (non-hydrogen) atoms. The lowest BCUT2D eigenvalue weighted by Crippen LogP contribution is -2.45. The molecule has 2 rings (SSSR count). The number of rotatable bonds is 3. The SMILES string of the molecule is CC(NC1CCCC(C)(C)C1)C1CCCCC1. The molecule has 2 saturated carbocycles. The molecule has 2 fully saturated rings. The van der Waals surface area contributed by atoms with Gasteiger partial charge in [0, 0.05) is 12.1 Å². The van der Waals surface area contributed by atoms with Crippen LogP contribution in [0.5, 0.6) is 0 Å². The molecule has 0 heterocycles. The highest BCUT2D eigenvalue weighted by Gasteiger charge is 2.30. The Kier molecular flexibility index (Phi) is 4.52. The molecule has 100 valence electrons. The molecule has 0 aromatic heterocycles. The molecule has 1 heteroatoms. The van der Waals surface area contributed by atoms with Gasteiger partial charge in [0.2, 0.25) is 0 Å². The second-order valence-electron chi connectivity index (χ2n) is 7.31. The molecule has 2 unspecified atom stereocenters.